The van der Waals surface area contributed by atoms with Crippen molar-refractivity contribution in [2.45, 2.75) is 17.5 Å². The van der Waals surface area contributed by atoms with Crippen molar-refractivity contribution in [2.24, 2.45) is 7.05 Å². The normalized spacial score (nSPS) is 13.3. The monoisotopic (exact) mass is 317 g/mol. The van der Waals surface area contributed by atoms with Crippen LogP contribution in [0.4, 0.5) is 18.9 Å². The van der Waals surface area contributed by atoms with Crippen molar-refractivity contribution in [2.75, 3.05) is 11.5 Å². The molecule has 2 aromatic rings. The van der Waals surface area contributed by atoms with E-state index in [0.29, 0.717) is 6.42 Å². The van der Waals surface area contributed by atoms with Crippen LogP contribution >= 0.6 is 0 Å². The van der Waals surface area contributed by atoms with Gasteiger partial charge in [0.25, 0.3) is 0 Å². The molecule has 0 bridgehead atoms. The lowest BCUT2D eigenvalue weighted by Gasteiger charge is -2.10. The quantitative estimate of drug-likeness (QED) is 0.881. The number of rotatable bonds is 4. The number of aromatic nitrogens is 2. The second kappa shape index (κ2) is 5.88. The smallest absolute Gasteiger partial charge is 0.398 e. The number of anilines is 1. The molecule has 2 N–H and O–H groups in total. The lowest BCUT2D eigenvalue weighted by atomic mass is 10.2. The van der Waals surface area contributed by atoms with Gasteiger partial charge in [-0.2, -0.15) is 18.3 Å². The van der Waals surface area contributed by atoms with E-state index >= 15 is 0 Å². The highest BCUT2D eigenvalue weighted by Gasteiger charge is 2.31. The third-order valence-electron chi connectivity index (χ3n) is 3.05. The average Bonchev–Trinajstić information content (AvgIpc) is 2.80. The third kappa shape index (κ3) is 3.63. The number of halogens is 3. The third-order valence-corrected chi connectivity index (χ3v) is 4.49. The molecule has 1 atom stereocenters. The van der Waals surface area contributed by atoms with Crippen LogP contribution in [0.1, 0.15) is 11.3 Å². The maximum absolute atomic E-state index is 12.5. The first-order valence-corrected chi connectivity index (χ1v) is 7.43. The molecule has 0 aliphatic carbocycles. The minimum Gasteiger partial charge on any atom is -0.398 e. The first-order chi connectivity index (χ1) is 9.79. The van der Waals surface area contributed by atoms with Crippen molar-refractivity contribution < 1.29 is 17.4 Å². The van der Waals surface area contributed by atoms with Gasteiger partial charge in [-0.1, -0.05) is 0 Å². The van der Waals surface area contributed by atoms with Crippen LogP contribution in [0.3, 0.4) is 0 Å². The number of benzene rings is 1. The van der Waals surface area contributed by atoms with E-state index in [4.69, 9.17) is 5.73 Å². The zero-order chi connectivity index (χ0) is 15.6. The minimum atomic E-state index is -4.46. The molecule has 21 heavy (non-hydrogen) atoms. The molecule has 1 unspecified atom stereocenters. The number of alkyl halides is 3. The van der Waals surface area contributed by atoms with E-state index in [2.05, 4.69) is 5.10 Å². The first-order valence-electron chi connectivity index (χ1n) is 6.11. The Bertz CT molecular complexity index is 667. The van der Waals surface area contributed by atoms with Crippen LogP contribution in [-0.4, -0.2) is 19.7 Å². The van der Waals surface area contributed by atoms with Gasteiger partial charge < -0.3 is 5.73 Å². The fourth-order valence-electron chi connectivity index (χ4n) is 1.89. The summed E-state index contributed by atoms with van der Waals surface area (Å²) >= 11 is 0. The molecular formula is C13H14F3N3OS. The van der Waals surface area contributed by atoms with E-state index in [-0.39, 0.29) is 16.3 Å². The average molecular weight is 317 g/mol. The molecule has 8 heteroatoms. The van der Waals surface area contributed by atoms with Gasteiger partial charge in [-0.25, -0.2) is 0 Å². The number of nitrogens with two attached hydrogens (primary N) is 1. The van der Waals surface area contributed by atoms with Crippen LogP contribution in [0, 0.1) is 0 Å². The largest absolute Gasteiger partial charge is 0.416 e. The maximum Gasteiger partial charge on any atom is 0.416 e. The summed E-state index contributed by atoms with van der Waals surface area (Å²) in [4.78, 5) is 0.227. The highest BCUT2D eigenvalue weighted by atomic mass is 32.2. The summed E-state index contributed by atoms with van der Waals surface area (Å²) in [5.41, 5.74) is 5.54. The van der Waals surface area contributed by atoms with Crippen LogP contribution in [0.2, 0.25) is 0 Å². The molecule has 2 rings (SSSR count). The van der Waals surface area contributed by atoms with E-state index in [1.807, 2.05) is 0 Å². The van der Waals surface area contributed by atoms with E-state index in [9.17, 15) is 17.4 Å². The summed E-state index contributed by atoms with van der Waals surface area (Å²) in [6.07, 6.45) is -2.32. The van der Waals surface area contributed by atoms with Gasteiger partial charge in [-0.3, -0.25) is 8.89 Å². The molecule has 0 aliphatic heterocycles. The molecule has 0 fully saturated rings. The standard InChI is InChI=1S/C13H14F3N3OS/c1-19-10(4-6-18-19)5-7-21(20)12-3-2-9(8-11(12)17)13(14,15)16/h2-4,6,8H,5,7,17H2,1H3. The molecule has 0 amide bonds. The number of aryl methyl sites for hydroxylation is 2. The summed E-state index contributed by atoms with van der Waals surface area (Å²) in [7, 11) is 0.312. The molecule has 0 aliphatic rings. The van der Waals surface area contributed by atoms with Crippen molar-refractivity contribution in [3.05, 3.63) is 41.7 Å². The molecule has 114 valence electrons. The summed E-state index contributed by atoms with van der Waals surface area (Å²) < 4.78 is 51.4. The molecule has 1 aromatic heterocycles. The van der Waals surface area contributed by atoms with Crippen molar-refractivity contribution in [1.82, 2.24) is 9.78 Å². The summed E-state index contributed by atoms with van der Waals surface area (Å²) in [6.45, 7) is 0. The van der Waals surface area contributed by atoms with Gasteiger partial charge in [0.05, 0.1) is 21.3 Å². The van der Waals surface area contributed by atoms with E-state index in [0.717, 1.165) is 17.8 Å². The van der Waals surface area contributed by atoms with Crippen molar-refractivity contribution >= 4 is 16.5 Å². The number of hydrogen-bond acceptors (Lipinski definition) is 3. The Kier molecular flexibility index (Phi) is 4.36. The van der Waals surface area contributed by atoms with Gasteiger partial charge in [-0.15, -0.1) is 0 Å². The molecule has 1 aromatic carbocycles. The molecule has 0 radical (unpaired) electrons. The first kappa shape index (κ1) is 15.6. The molecule has 1 heterocycles. The zero-order valence-electron chi connectivity index (χ0n) is 11.2. The Morgan fingerprint density at radius 2 is 2.05 bits per heavy atom. The van der Waals surface area contributed by atoms with E-state index in [1.165, 1.54) is 6.07 Å². The number of hydrogen-bond donors (Lipinski definition) is 1. The highest BCUT2D eigenvalue weighted by Crippen LogP contribution is 2.32. The Labute approximate surface area is 122 Å². The highest BCUT2D eigenvalue weighted by molar-refractivity contribution is 7.85. The predicted octanol–water partition coefficient (Wildman–Crippen LogP) is 2.37. The van der Waals surface area contributed by atoms with E-state index < -0.39 is 22.5 Å². The molecule has 4 nitrogen and oxygen atoms in total. The Balaban J connectivity index is 2.11. The predicted molar refractivity (Wildman–Crippen MR) is 74.0 cm³/mol. The van der Waals surface area contributed by atoms with Crippen LogP contribution in [0.15, 0.2) is 35.4 Å². The van der Waals surface area contributed by atoms with Crippen LogP contribution in [0.5, 0.6) is 0 Å². The van der Waals surface area contributed by atoms with Crippen LogP contribution in [-0.2, 0) is 30.4 Å². The second-order valence-corrected chi connectivity index (χ2v) is 6.04. The topological polar surface area (TPSA) is 60.9 Å². The maximum atomic E-state index is 12.5. The lowest BCUT2D eigenvalue weighted by Crippen LogP contribution is -2.10. The lowest BCUT2D eigenvalue weighted by molar-refractivity contribution is -0.137. The fraction of sp³-hybridized carbons (Fsp3) is 0.308. The fourth-order valence-corrected chi connectivity index (χ4v) is 3.04. The Hall–Kier alpha value is -1.83. The SMILES string of the molecule is Cn1nccc1CCS(=O)c1ccc(C(F)(F)F)cc1N. The van der Waals surface area contributed by atoms with Gasteiger partial charge in [0.15, 0.2) is 0 Å². The number of nitrogen functional groups attached to an aromatic ring is 1. The van der Waals surface area contributed by atoms with Crippen LogP contribution in [0.25, 0.3) is 0 Å². The molecule has 0 saturated heterocycles. The molecule has 0 saturated carbocycles. The van der Waals surface area contributed by atoms with Crippen molar-refractivity contribution in [3.8, 4) is 0 Å². The summed E-state index contributed by atoms with van der Waals surface area (Å²) in [5, 5.41) is 3.99. The molecular weight excluding hydrogens is 303 g/mol. The van der Waals surface area contributed by atoms with Crippen LogP contribution < -0.4 is 5.73 Å². The van der Waals surface area contributed by atoms with Crippen molar-refractivity contribution in [1.29, 1.82) is 0 Å². The number of nitrogens with zero attached hydrogens (tertiary/aromatic N) is 2. The Morgan fingerprint density at radius 3 is 2.57 bits per heavy atom. The van der Waals surface area contributed by atoms with E-state index in [1.54, 1.807) is 24.0 Å². The zero-order valence-corrected chi connectivity index (χ0v) is 12.0. The van der Waals surface area contributed by atoms with Gasteiger partial charge in [0.2, 0.25) is 0 Å². The van der Waals surface area contributed by atoms with Gasteiger partial charge in [0.1, 0.15) is 0 Å². The minimum absolute atomic E-state index is 0.104. The van der Waals surface area contributed by atoms with Gasteiger partial charge >= 0.3 is 6.18 Å². The van der Waals surface area contributed by atoms with Gasteiger partial charge in [-0.05, 0) is 24.3 Å². The summed E-state index contributed by atoms with van der Waals surface area (Å²) in [6, 6.07) is 4.69. The van der Waals surface area contributed by atoms with Gasteiger partial charge in [0, 0.05) is 36.8 Å². The molecule has 0 spiro atoms. The Morgan fingerprint density at radius 1 is 1.33 bits per heavy atom. The second-order valence-electron chi connectivity index (χ2n) is 4.50. The summed E-state index contributed by atoms with van der Waals surface area (Å²) in [5.74, 6) is 0.273. The van der Waals surface area contributed by atoms with Crippen molar-refractivity contribution in [3.63, 3.8) is 0 Å².